The summed E-state index contributed by atoms with van der Waals surface area (Å²) in [6.07, 6.45) is 6.19. The zero-order valence-electron chi connectivity index (χ0n) is 20.4. The third kappa shape index (κ3) is 2.31. The van der Waals surface area contributed by atoms with Gasteiger partial charge in [0.2, 0.25) is 0 Å². The van der Waals surface area contributed by atoms with Crippen LogP contribution < -0.4 is 10.2 Å². The molecule has 1 saturated carbocycles. The number of para-hydroxylation sites is 1. The van der Waals surface area contributed by atoms with E-state index < -0.39 is 39.8 Å². The predicted molar refractivity (Wildman–Crippen MR) is 136 cm³/mol. The van der Waals surface area contributed by atoms with Crippen molar-refractivity contribution in [2.45, 2.75) is 42.2 Å². The fourth-order valence-corrected chi connectivity index (χ4v) is 8.97. The van der Waals surface area contributed by atoms with Crippen molar-refractivity contribution in [2.75, 3.05) is 25.5 Å². The number of methoxy groups -OCH3 is 1. The second kappa shape index (κ2) is 7.30. The zero-order chi connectivity index (χ0) is 25.6. The Hall–Kier alpha value is -3.48. The number of ether oxygens (including phenoxy) is 1. The first-order chi connectivity index (χ1) is 17.9. The molecular formula is C28H26N4O4S. The lowest BCUT2D eigenvalue weighted by molar-refractivity contribution is -0.168. The van der Waals surface area contributed by atoms with E-state index in [4.69, 9.17) is 21.8 Å². The summed E-state index contributed by atoms with van der Waals surface area (Å²) in [5.74, 6) is -1.71. The van der Waals surface area contributed by atoms with Crippen LogP contribution in [0.1, 0.15) is 31.2 Å². The summed E-state index contributed by atoms with van der Waals surface area (Å²) in [6, 6.07) is 16.0. The molecule has 5 atom stereocenters. The van der Waals surface area contributed by atoms with Crippen molar-refractivity contribution in [3.05, 3.63) is 70.5 Å². The number of hydrogen-bond donors (Lipinski definition) is 1. The van der Waals surface area contributed by atoms with Crippen LogP contribution in [0.15, 0.2) is 60.3 Å². The summed E-state index contributed by atoms with van der Waals surface area (Å²) in [6.45, 7) is 1.52. The van der Waals surface area contributed by atoms with E-state index in [0.717, 1.165) is 24.2 Å². The number of benzene rings is 1. The average molecular weight is 515 g/mol. The molecule has 3 aliphatic heterocycles. The molecule has 1 aromatic carbocycles. The number of nitrogens with zero attached hydrogens (tertiary/aromatic N) is 3. The number of aromatic nitrogens is 1. The highest BCUT2D eigenvalue weighted by Crippen LogP contribution is 2.78. The van der Waals surface area contributed by atoms with Gasteiger partial charge in [0.15, 0.2) is 0 Å². The Bertz CT molecular complexity index is 1510. The van der Waals surface area contributed by atoms with Crippen LogP contribution >= 0.6 is 12.2 Å². The van der Waals surface area contributed by atoms with Crippen molar-refractivity contribution in [1.82, 2.24) is 9.63 Å². The zero-order valence-corrected chi connectivity index (χ0v) is 21.2. The fourth-order valence-electron chi connectivity index (χ4n) is 8.79. The van der Waals surface area contributed by atoms with Crippen LogP contribution in [0.3, 0.4) is 0 Å². The molecule has 2 saturated heterocycles. The van der Waals surface area contributed by atoms with Crippen LogP contribution in [0, 0.1) is 27.3 Å². The molecule has 8 rings (SSSR count). The van der Waals surface area contributed by atoms with Crippen molar-refractivity contribution in [1.29, 1.82) is 5.26 Å². The van der Waals surface area contributed by atoms with Gasteiger partial charge in [-0.3, -0.25) is 4.90 Å². The standard InChI is InChI=1S/C28H26N4O4S/c1-35-23(33)19-15-25-10-6-12-31-14-11-26(27(25,31)17-29)18-7-2-3-8-21(18)30-28(19,26)20(16-25)24(34)36-32-13-5-4-9-22(32)37/h2-5,7-9,13,15,20,30H,6,10-12,14,16H2,1H3/t20-,25-,26+,27-,28-/m0/s1. The molecule has 1 aromatic heterocycles. The van der Waals surface area contributed by atoms with Crippen LogP contribution in [0.5, 0.6) is 0 Å². The quantitative estimate of drug-likeness (QED) is 0.493. The largest absolute Gasteiger partial charge is 0.466 e. The molecule has 0 radical (unpaired) electrons. The van der Waals surface area contributed by atoms with Gasteiger partial charge in [-0.15, -0.1) is 0 Å². The van der Waals surface area contributed by atoms with Crippen LogP contribution in [0.2, 0.25) is 0 Å². The van der Waals surface area contributed by atoms with Crippen molar-refractivity contribution in [3.8, 4) is 6.07 Å². The van der Waals surface area contributed by atoms with Gasteiger partial charge in [-0.1, -0.05) is 42.6 Å². The maximum absolute atomic E-state index is 14.2. The third-order valence-electron chi connectivity index (χ3n) is 9.78. The molecule has 1 N–H and O–H groups in total. The highest BCUT2D eigenvalue weighted by molar-refractivity contribution is 7.71. The number of esters is 1. The summed E-state index contributed by atoms with van der Waals surface area (Å²) >= 11 is 5.38. The minimum Gasteiger partial charge on any atom is -0.466 e. The molecule has 3 aliphatic carbocycles. The lowest BCUT2D eigenvalue weighted by Gasteiger charge is -2.70. The summed E-state index contributed by atoms with van der Waals surface area (Å²) in [5, 5.41) is 14.8. The van der Waals surface area contributed by atoms with E-state index in [0.29, 0.717) is 36.0 Å². The highest BCUT2D eigenvalue weighted by Gasteiger charge is 2.87. The van der Waals surface area contributed by atoms with Crippen molar-refractivity contribution in [2.24, 2.45) is 11.3 Å². The van der Waals surface area contributed by atoms with Gasteiger partial charge in [-0.2, -0.15) is 9.99 Å². The average Bonchev–Trinajstić information content (AvgIpc) is 3.43. The lowest BCUT2D eigenvalue weighted by Crippen LogP contribution is -2.83. The number of anilines is 1. The summed E-state index contributed by atoms with van der Waals surface area (Å²) in [5.41, 5.74) is -1.44. The Labute approximate surface area is 219 Å². The SMILES string of the molecule is COC(=O)C1=C[C@@]23CCCN4CC[C@@]5(c6ccccc6N[C@]15[C@H](C(=O)On1ccccc1=S)C2)[C@@]43C#N. The van der Waals surface area contributed by atoms with Crippen LogP contribution in [0.25, 0.3) is 0 Å². The molecule has 0 unspecified atom stereocenters. The van der Waals surface area contributed by atoms with E-state index in [-0.39, 0.29) is 0 Å². The van der Waals surface area contributed by atoms with Gasteiger partial charge in [0.05, 0.1) is 35.6 Å². The molecule has 6 aliphatic rings. The van der Waals surface area contributed by atoms with Gasteiger partial charge in [0.25, 0.3) is 0 Å². The minimum atomic E-state index is -1.21. The monoisotopic (exact) mass is 514 g/mol. The second-order valence-electron chi connectivity index (χ2n) is 10.8. The molecule has 188 valence electrons. The van der Waals surface area contributed by atoms with E-state index in [1.165, 1.54) is 11.8 Å². The molecule has 2 aromatic rings. The normalized spacial score (nSPS) is 36.3. The molecular weight excluding hydrogens is 488 g/mol. The molecule has 0 amide bonds. The topological polar surface area (TPSA) is 96.6 Å². The summed E-state index contributed by atoms with van der Waals surface area (Å²) < 4.78 is 7.00. The van der Waals surface area contributed by atoms with Crippen LogP contribution in [-0.2, 0) is 19.7 Å². The summed E-state index contributed by atoms with van der Waals surface area (Å²) in [7, 11) is 1.37. The fraction of sp³-hybridized carbons (Fsp3) is 0.429. The Morgan fingerprint density at radius 1 is 1.16 bits per heavy atom. The van der Waals surface area contributed by atoms with Gasteiger partial charge in [-0.05, 0) is 56.0 Å². The van der Waals surface area contributed by atoms with Gasteiger partial charge < -0.3 is 14.9 Å². The van der Waals surface area contributed by atoms with Crippen molar-refractivity contribution < 1.29 is 19.2 Å². The smallest absolute Gasteiger partial charge is 0.338 e. The van der Waals surface area contributed by atoms with Crippen molar-refractivity contribution >= 4 is 29.8 Å². The Balaban J connectivity index is 1.54. The van der Waals surface area contributed by atoms with E-state index in [9.17, 15) is 14.9 Å². The minimum absolute atomic E-state index is 0.365. The number of nitrogens with one attached hydrogen (secondary N) is 1. The molecule has 9 heteroatoms. The van der Waals surface area contributed by atoms with Crippen LogP contribution in [0.4, 0.5) is 5.69 Å². The Kier molecular flexibility index (Phi) is 4.48. The number of fused-ring (bicyclic) bond motifs is 2. The number of rotatable bonds is 3. The maximum Gasteiger partial charge on any atom is 0.338 e. The first kappa shape index (κ1) is 22.7. The maximum atomic E-state index is 14.2. The third-order valence-corrected chi connectivity index (χ3v) is 10.1. The van der Waals surface area contributed by atoms with Crippen LogP contribution in [-0.4, -0.2) is 52.8 Å². The molecule has 37 heavy (non-hydrogen) atoms. The number of nitriles is 1. The Morgan fingerprint density at radius 3 is 2.76 bits per heavy atom. The number of piperidine rings is 1. The summed E-state index contributed by atoms with van der Waals surface area (Å²) in [4.78, 5) is 36.0. The van der Waals surface area contributed by atoms with Gasteiger partial charge in [0.1, 0.15) is 10.2 Å². The van der Waals surface area contributed by atoms with E-state index in [2.05, 4.69) is 16.3 Å². The van der Waals surface area contributed by atoms with Gasteiger partial charge in [0, 0.05) is 23.8 Å². The highest BCUT2D eigenvalue weighted by atomic mass is 32.1. The molecule has 8 nitrogen and oxygen atoms in total. The van der Waals surface area contributed by atoms with Gasteiger partial charge in [-0.25, -0.2) is 9.59 Å². The number of carbonyl (C=O) groups excluding carboxylic acids is 2. The lowest BCUT2D eigenvalue weighted by atomic mass is 9.34. The second-order valence-corrected chi connectivity index (χ2v) is 11.2. The number of carbonyl (C=O) groups is 2. The first-order valence-electron chi connectivity index (χ1n) is 12.7. The number of pyridine rings is 1. The van der Waals surface area contributed by atoms with E-state index in [1.807, 2.05) is 30.3 Å². The van der Waals surface area contributed by atoms with E-state index in [1.54, 1.807) is 24.4 Å². The molecule has 3 fully saturated rings. The predicted octanol–water partition coefficient (Wildman–Crippen LogP) is 3.16. The van der Waals surface area contributed by atoms with Gasteiger partial charge >= 0.3 is 11.9 Å². The van der Waals surface area contributed by atoms with E-state index >= 15 is 0 Å². The number of hydrogen-bond acceptors (Lipinski definition) is 8. The molecule has 2 bridgehead atoms. The molecule has 4 heterocycles. The van der Waals surface area contributed by atoms with Crippen molar-refractivity contribution in [3.63, 3.8) is 0 Å². The Morgan fingerprint density at radius 2 is 1.97 bits per heavy atom. The first-order valence-corrected chi connectivity index (χ1v) is 13.1. The molecule has 3 spiro atoms.